The van der Waals surface area contributed by atoms with Crippen LogP contribution in [0.15, 0.2) is 28.8 Å². The molecule has 7 heteroatoms. The molecule has 0 unspecified atom stereocenters. The van der Waals surface area contributed by atoms with Gasteiger partial charge >= 0.3 is 6.01 Å². The van der Waals surface area contributed by atoms with Gasteiger partial charge in [-0.3, -0.25) is 4.79 Å². The summed E-state index contributed by atoms with van der Waals surface area (Å²) in [6.07, 6.45) is 0. The number of nitrogens with zero attached hydrogens (tertiary/aromatic N) is 3. The number of amides is 1. The van der Waals surface area contributed by atoms with Crippen molar-refractivity contribution in [2.24, 2.45) is 0 Å². The van der Waals surface area contributed by atoms with Gasteiger partial charge in [-0.25, -0.2) is 0 Å². The number of anilines is 1. The minimum absolute atomic E-state index is 0.0816. The topological polar surface area (TPSA) is 71.3 Å². The summed E-state index contributed by atoms with van der Waals surface area (Å²) in [6.45, 7) is 5.16. The first-order valence-electron chi connectivity index (χ1n) is 6.75. The molecule has 0 spiro atoms. The van der Waals surface area contributed by atoms with Crippen LogP contribution in [-0.4, -0.2) is 35.7 Å². The van der Waals surface area contributed by atoms with Crippen molar-refractivity contribution in [1.29, 1.82) is 0 Å². The third kappa shape index (κ3) is 3.95. The molecule has 0 radical (unpaired) electrons. The maximum absolute atomic E-state index is 11.6. The highest BCUT2D eigenvalue weighted by molar-refractivity contribution is 6.30. The minimum atomic E-state index is -0.0816. The summed E-state index contributed by atoms with van der Waals surface area (Å²) in [5, 5.41) is 7.27. The highest BCUT2D eigenvalue weighted by Crippen LogP contribution is 2.22. The second kappa shape index (κ2) is 7.08. The van der Waals surface area contributed by atoms with Gasteiger partial charge in [0.25, 0.3) is 0 Å². The Kier molecular flexibility index (Phi) is 5.16. The Morgan fingerprint density at radius 1 is 1.43 bits per heavy atom. The fraction of sp³-hybridized carbons (Fsp3) is 0.357. The van der Waals surface area contributed by atoms with Gasteiger partial charge in [0.05, 0.1) is 0 Å². The number of rotatable bonds is 6. The SMILES string of the molecule is CCNC(=O)CN(CC)c1nc(-c2cccc(Cl)c2)no1. The molecule has 6 nitrogen and oxygen atoms in total. The average molecular weight is 309 g/mol. The normalized spacial score (nSPS) is 10.4. The van der Waals surface area contributed by atoms with E-state index in [1.807, 2.05) is 26.0 Å². The van der Waals surface area contributed by atoms with E-state index in [0.717, 1.165) is 5.56 Å². The van der Waals surface area contributed by atoms with Gasteiger partial charge in [-0.15, -0.1) is 0 Å². The predicted molar refractivity (Wildman–Crippen MR) is 81.3 cm³/mol. The van der Waals surface area contributed by atoms with E-state index in [1.165, 1.54) is 0 Å². The Labute approximate surface area is 128 Å². The number of nitrogens with one attached hydrogen (secondary N) is 1. The number of halogens is 1. The third-order valence-electron chi connectivity index (χ3n) is 2.86. The summed E-state index contributed by atoms with van der Waals surface area (Å²) in [5.41, 5.74) is 0.770. The van der Waals surface area contributed by atoms with Gasteiger partial charge in [-0.2, -0.15) is 4.98 Å². The van der Waals surface area contributed by atoms with Crippen LogP contribution in [0.2, 0.25) is 5.02 Å². The summed E-state index contributed by atoms with van der Waals surface area (Å²) in [7, 11) is 0. The van der Waals surface area contributed by atoms with Crippen LogP contribution in [0.4, 0.5) is 6.01 Å². The molecule has 0 atom stereocenters. The van der Waals surface area contributed by atoms with E-state index in [0.29, 0.717) is 30.0 Å². The van der Waals surface area contributed by atoms with Crippen molar-refractivity contribution >= 4 is 23.5 Å². The molecule has 1 aromatic heterocycles. The zero-order chi connectivity index (χ0) is 15.2. The largest absolute Gasteiger partial charge is 0.355 e. The van der Waals surface area contributed by atoms with Gasteiger partial charge in [-0.05, 0) is 26.0 Å². The minimum Gasteiger partial charge on any atom is -0.355 e. The Morgan fingerprint density at radius 3 is 2.90 bits per heavy atom. The number of likely N-dealkylation sites (N-methyl/N-ethyl adjacent to an activating group) is 2. The summed E-state index contributed by atoms with van der Waals surface area (Å²) >= 11 is 5.95. The average Bonchev–Trinajstić information content (AvgIpc) is 2.95. The molecule has 1 amide bonds. The van der Waals surface area contributed by atoms with E-state index < -0.39 is 0 Å². The predicted octanol–water partition coefficient (Wildman–Crippen LogP) is 2.35. The Morgan fingerprint density at radius 2 is 2.24 bits per heavy atom. The lowest BCUT2D eigenvalue weighted by molar-refractivity contribution is -0.119. The van der Waals surface area contributed by atoms with Crippen molar-refractivity contribution in [2.45, 2.75) is 13.8 Å². The summed E-state index contributed by atoms with van der Waals surface area (Å²) in [6, 6.07) is 7.52. The zero-order valence-electron chi connectivity index (χ0n) is 12.0. The molecule has 2 aromatic rings. The van der Waals surface area contributed by atoms with Crippen LogP contribution in [0.25, 0.3) is 11.4 Å². The number of hydrogen-bond donors (Lipinski definition) is 1. The molecule has 1 heterocycles. The van der Waals surface area contributed by atoms with Crippen LogP contribution in [0.5, 0.6) is 0 Å². The van der Waals surface area contributed by atoms with Crippen molar-refractivity contribution in [1.82, 2.24) is 15.5 Å². The van der Waals surface area contributed by atoms with Crippen LogP contribution in [-0.2, 0) is 4.79 Å². The Hall–Kier alpha value is -2.08. The van der Waals surface area contributed by atoms with E-state index in [-0.39, 0.29) is 12.5 Å². The van der Waals surface area contributed by atoms with E-state index in [9.17, 15) is 4.79 Å². The molecule has 0 aliphatic carbocycles. The summed E-state index contributed by atoms with van der Waals surface area (Å²) < 4.78 is 5.23. The van der Waals surface area contributed by atoms with Gasteiger partial charge in [0, 0.05) is 23.7 Å². The second-order valence-corrected chi connectivity index (χ2v) is 4.82. The van der Waals surface area contributed by atoms with Crippen LogP contribution in [0.1, 0.15) is 13.8 Å². The van der Waals surface area contributed by atoms with Crippen LogP contribution in [0, 0.1) is 0 Å². The Bertz CT molecular complexity index is 615. The molecular formula is C14H17ClN4O2. The number of carbonyl (C=O) groups is 1. The highest BCUT2D eigenvalue weighted by atomic mass is 35.5. The first-order chi connectivity index (χ1) is 10.1. The van der Waals surface area contributed by atoms with Crippen molar-refractivity contribution in [3.05, 3.63) is 29.3 Å². The van der Waals surface area contributed by atoms with E-state index in [1.54, 1.807) is 17.0 Å². The number of hydrogen-bond acceptors (Lipinski definition) is 5. The molecule has 1 aromatic carbocycles. The van der Waals surface area contributed by atoms with Crippen LogP contribution in [0.3, 0.4) is 0 Å². The van der Waals surface area contributed by atoms with Gasteiger partial charge in [0.15, 0.2) is 0 Å². The molecule has 0 aliphatic rings. The number of aromatic nitrogens is 2. The summed E-state index contributed by atoms with van der Waals surface area (Å²) in [5.74, 6) is 0.365. The standard InChI is InChI=1S/C14H17ClN4O2/c1-3-16-12(20)9-19(4-2)14-17-13(18-21-14)10-6-5-7-11(15)8-10/h5-8H,3-4,9H2,1-2H3,(H,16,20). The number of carbonyl (C=O) groups excluding carboxylic acids is 1. The fourth-order valence-electron chi connectivity index (χ4n) is 1.83. The highest BCUT2D eigenvalue weighted by Gasteiger charge is 2.17. The fourth-order valence-corrected chi connectivity index (χ4v) is 2.02. The van der Waals surface area contributed by atoms with Gasteiger partial charge in [0.1, 0.15) is 6.54 Å². The van der Waals surface area contributed by atoms with E-state index in [4.69, 9.17) is 16.1 Å². The molecule has 0 aliphatic heterocycles. The lowest BCUT2D eigenvalue weighted by atomic mass is 10.2. The van der Waals surface area contributed by atoms with Gasteiger partial charge < -0.3 is 14.7 Å². The zero-order valence-corrected chi connectivity index (χ0v) is 12.7. The molecule has 0 saturated carbocycles. The molecule has 2 rings (SSSR count). The van der Waals surface area contributed by atoms with Crippen molar-refractivity contribution < 1.29 is 9.32 Å². The van der Waals surface area contributed by atoms with Crippen molar-refractivity contribution in [3.63, 3.8) is 0 Å². The molecular weight excluding hydrogens is 292 g/mol. The molecule has 0 bridgehead atoms. The molecule has 21 heavy (non-hydrogen) atoms. The first kappa shape index (κ1) is 15.3. The third-order valence-corrected chi connectivity index (χ3v) is 3.09. The quantitative estimate of drug-likeness (QED) is 0.887. The lowest BCUT2D eigenvalue weighted by Crippen LogP contribution is -2.37. The van der Waals surface area contributed by atoms with Gasteiger partial charge in [0.2, 0.25) is 11.7 Å². The van der Waals surface area contributed by atoms with Gasteiger partial charge in [-0.1, -0.05) is 28.9 Å². The first-order valence-corrected chi connectivity index (χ1v) is 7.13. The van der Waals surface area contributed by atoms with Crippen LogP contribution >= 0.6 is 11.6 Å². The van der Waals surface area contributed by atoms with E-state index >= 15 is 0 Å². The Balaban J connectivity index is 2.15. The lowest BCUT2D eigenvalue weighted by Gasteiger charge is -2.16. The maximum atomic E-state index is 11.6. The number of benzene rings is 1. The van der Waals surface area contributed by atoms with Crippen molar-refractivity contribution in [3.8, 4) is 11.4 Å². The monoisotopic (exact) mass is 308 g/mol. The molecule has 112 valence electrons. The van der Waals surface area contributed by atoms with E-state index in [2.05, 4.69) is 15.5 Å². The van der Waals surface area contributed by atoms with Crippen molar-refractivity contribution in [2.75, 3.05) is 24.5 Å². The summed E-state index contributed by atoms with van der Waals surface area (Å²) in [4.78, 5) is 17.7. The van der Waals surface area contributed by atoms with Crippen LogP contribution < -0.4 is 10.2 Å². The molecule has 1 N–H and O–H groups in total. The molecule has 0 saturated heterocycles. The smallest absolute Gasteiger partial charge is 0.324 e. The second-order valence-electron chi connectivity index (χ2n) is 4.38. The maximum Gasteiger partial charge on any atom is 0.324 e. The molecule has 0 fully saturated rings.